The molecule has 11 heteroatoms. The van der Waals surface area contributed by atoms with Gasteiger partial charge in [-0.15, -0.1) is 0 Å². The zero-order valence-electron chi connectivity index (χ0n) is 8.48. The second kappa shape index (κ2) is 8.32. The number of thioether (sulfide) groups is 1. The van der Waals surface area contributed by atoms with E-state index in [-0.39, 0.29) is 0 Å². The van der Waals surface area contributed by atoms with Crippen LogP contribution < -0.4 is 22.3 Å². The second-order valence-electron chi connectivity index (χ2n) is 2.43. The third kappa shape index (κ3) is 10.4. The van der Waals surface area contributed by atoms with E-state index in [0.717, 1.165) is 12.4 Å². The number of carbonyl (C=O) groups excluding carboxylic acids is 2. The highest BCUT2D eigenvalue weighted by molar-refractivity contribution is 8.01. The molecular formula is C6H12N6O4S. The monoisotopic (exact) mass is 264 g/mol. The van der Waals surface area contributed by atoms with Gasteiger partial charge in [-0.1, -0.05) is 11.8 Å². The van der Waals surface area contributed by atoms with Crippen LogP contribution in [-0.4, -0.2) is 45.6 Å². The van der Waals surface area contributed by atoms with E-state index in [0.29, 0.717) is 11.8 Å². The first-order valence-corrected chi connectivity index (χ1v) is 5.05. The topological polar surface area (TPSA) is 175 Å². The summed E-state index contributed by atoms with van der Waals surface area (Å²) >= 11 is 0.631. The van der Waals surface area contributed by atoms with Gasteiger partial charge in [0.2, 0.25) is 0 Å². The summed E-state index contributed by atoms with van der Waals surface area (Å²) in [6.45, 7) is 0. The van der Waals surface area contributed by atoms with Crippen LogP contribution in [0.5, 0.6) is 0 Å². The molecule has 0 aliphatic carbocycles. The van der Waals surface area contributed by atoms with Crippen LogP contribution in [0.15, 0.2) is 10.2 Å². The number of aliphatic hydroxyl groups excluding tert-OH is 2. The van der Waals surface area contributed by atoms with Gasteiger partial charge in [-0.3, -0.25) is 0 Å². The average Bonchev–Trinajstić information content (AvgIpc) is 2.15. The predicted molar refractivity (Wildman–Crippen MR) is 62.0 cm³/mol. The molecule has 0 bridgehead atoms. The molecule has 0 saturated heterocycles. The van der Waals surface area contributed by atoms with Crippen LogP contribution in [-0.2, 0) is 0 Å². The lowest BCUT2D eigenvalue weighted by Gasteiger charge is -2.07. The van der Waals surface area contributed by atoms with Crippen molar-refractivity contribution in [2.24, 2.45) is 21.7 Å². The first kappa shape index (κ1) is 15.2. The highest BCUT2D eigenvalue weighted by Crippen LogP contribution is 2.10. The van der Waals surface area contributed by atoms with Gasteiger partial charge in [0.25, 0.3) is 0 Å². The second-order valence-corrected chi connectivity index (χ2v) is 3.66. The summed E-state index contributed by atoms with van der Waals surface area (Å²) in [5.74, 6) is 0. The number of amides is 4. The molecule has 4 amide bonds. The molecule has 0 heterocycles. The van der Waals surface area contributed by atoms with Crippen molar-refractivity contribution in [3.8, 4) is 0 Å². The number of nitrogens with zero attached hydrogens (tertiary/aromatic N) is 2. The molecule has 0 aliphatic heterocycles. The molecule has 0 radical (unpaired) electrons. The summed E-state index contributed by atoms with van der Waals surface area (Å²) in [4.78, 5) is 20.4. The van der Waals surface area contributed by atoms with Crippen molar-refractivity contribution in [1.29, 1.82) is 0 Å². The highest BCUT2D eigenvalue weighted by Gasteiger charge is 2.08. The van der Waals surface area contributed by atoms with Gasteiger partial charge < -0.3 is 21.7 Å². The SMILES string of the molecule is NC(=O)N/N=C/C(O)SC(O)/C=N/NC(N)=O. The maximum Gasteiger partial charge on any atom is 0.332 e. The molecule has 0 rings (SSSR count). The Balaban J connectivity index is 3.90. The quantitative estimate of drug-likeness (QED) is 0.179. The van der Waals surface area contributed by atoms with Gasteiger partial charge in [0.15, 0.2) is 0 Å². The number of aliphatic hydroxyl groups is 2. The Hall–Kier alpha value is -1.85. The van der Waals surface area contributed by atoms with Crippen LogP contribution in [0.3, 0.4) is 0 Å². The molecule has 2 unspecified atom stereocenters. The van der Waals surface area contributed by atoms with Crippen LogP contribution in [0.4, 0.5) is 9.59 Å². The van der Waals surface area contributed by atoms with Crippen LogP contribution in [0, 0.1) is 0 Å². The lowest BCUT2D eigenvalue weighted by atomic mass is 10.8. The number of urea groups is 2. The van der Waals surface area contributed by atoms with Gasteiger partial charge in [-0.2, -0.15) is 10.2 Å². The van der Waals surface area contributed by atoms with Crippen molar-refractivity contribution < 1.29 is 19.8 Å². The Morgan fingerprint density at radius 2 is 1.41 bits per heavy atom. The number of nitrogens with two attached hydrogens (primary N) is 2. The first-order chi connectivity index (χ1) is 7.91. The molecule has 0 aromatic carbocycles. The highest BCUT2D eigenvalue weighted by atomic mass is 32.2. The van der Waals surface area contributed by atoms with E-state index in [1.165, 1.54) is 0 Å². The fourth-order valence-electron chi connectivity index (χ4n) is 0.542. The maximum atomic E-state index is 10.2. The van der Waals surface area contributed by atoms with Gasteiger partial charge in [0.05, 0.1) is 12.4 Å². The lowest BCUT2D eigenvalue weighted by Crippen LogP contribution is -2.26. The molecule has 0 spiro atoms. The minimum atomic E-state index is -1.20. The number of rotatable bonds is 6. The van der Waals surface area contributed by atoms with E-state index >= 15 is 0 Å². The minimum Gasteiger partial charge on any atom is -0.377 e. The Bertz CT molecular complexity index is 292. The molecule has 17 heavy (non-hydrogen) atoms. The molecule has 2 atom stereocenters. The molecule has 8 N–H and O–H groups in total. The van der Waals surface area contributed by atoms with Crippen molar-refractivity contribution in [3.05, 3.63) is 0 Å². The van der Waals surface area contributed by atoms with E-state index in [2.05, 4.69) is 10.2 Å². The van der Waals surface area contributed by atoms with E-state index in [9.17, 15) is 19.8 Å². The van der Waals surface area contributed by atoms with Crippen molar-refractivity contribution in [2.45, 2.75) is 10.9 Å². The number of carbonyl (C=O) groups is 2. The maximum absolute atomic E-state index is 10.2. The third-order valence-corrected chi connectivity index (χ3v) is 1.83. The standard InChI is InChI=1S/C6H12N6O4S/c7-5(15)11-9-1-3(13)17-4(14)2-10-12-6(8)16/h1-4,13-14H,(H3,7,11,15)(H3,8,12,16)/b9-1+,10-2+. The Labute approximate surface area is 100 Å². The number of primary amides is 2. The molecule has 0 saturated carbocycles. The van der Waals surface area contributed by atoms with E-state index in [1.807, 2.05) is 10.9 Å². The summed E-state index contributed by atoms with van der Waals surface area (Å²) in [5, 5.41) is 25.0. The molecule has 0 aromatic rings. The van der Waals surface area contributed by atoms with Gasteiger partial charge >= 0.3 is 12.1 Å². The van der Waals surface area contributed by atoms with Crippen LogP contribution in [0.1, 0.15) is 0 Å². The third-order valence-electron chi connectivity index (χ3n) is 1.03. The molecular weight excluding hydrogens is 252 g/mol. The molecule has 10 nitrogen and oxygen atoms in total. The van der Waals surface area contributed by atoms with E-state index in [1.54, 1.807) is 0 Å². The lowest BCUT2D eigenvalue weighted by molar-refractivity contribution is 0.248. The summed E-state index contributed by atoms with van der Waals surface area (Å²) < 4.78 is 0. The Kier molecular flexibility index (Phi) is 7.41. The summed E-state index contributed by atoms with van der Waals surface area (Å²) in [6.07, 6.45) is 1.88. The van der Waals surface area contributed by atoms with Gasteiger partial charge in [-0.25, -0.2) is 20.4 Å². The van der Waals surface area contributed by atoms with Crippen molar-refractivity contribution in [1.82, 2.24) is 10.9 Å². The summed E-state index contributed by atoms with van der Waals surface area (Å²) in [6, 6.07) is -1.77. The molecule has 0 aliphatic rings. The Morgan fingerprint density at radius 3 is 1.71 bits per heavy atom. The number of hydrogen-bond donors (Lipinski definition) is 6. The Morgan fingerprint density at radius 1 is 1.06 bits per heavy atom. The number of hydrazone groups is 2. The fraction of sp³-hybridized carbons (Fsp3) is 0.333. The predicted octanol–water partition coefficient (Wildman–Crippen LogP) is -2.34. The van der Waals surface area contributed by atoms with E-state index in [4.69, 9.17) is 11.5 Å². The smallest absolute Gasteiger partial charge is 0.332 e. The largest absolute Gasteiger partial charge is 0.377 e. The average molecular weight is 264 g/mol. The van der Waals surface area contributed by atoms with Crippen LogP contribution in [0.25, 0.3) is 0 Å². The molecule has 96 valence electrons. The van der Waals surface area contributed by atoms with Gasteiger partial charge in [-0.05, 0) is 0 Å². The van der Waals surface area contributed by atoms with Gasteiger partial charge in [0.1, 0.15) is 10.9 Å². The number of hydrogen-bond acceptors (Lipinski definition) is 7. The first-order valence-electron chi connectivity index (χ1n) is 4.10. The minimum absolute atomic E-state index is 0.631. The molecule has 0 aromatic heterocycles. The van der Waals surface area contributed by atoms with Crippen molar-refractivity contribution in [3.63, 3.8) is 0 Å². The van der Waals surface area contributed by atoms with Crippen molar-refractivity contribution >= 4 is 36.3 Å². The summed E-state index contributed by atoms with van der Waals surface area (Å²) in [7, 11) is 0. The van der Waals surface area contributed by atoms with Crippen LogP contribution >= 0.6 is 11.8 Å². The summed E-state index contributed by atoms with van der Waals surface area (Å²) in [5.41, 5.74) is 10.7. The zero-order chi connectivity index (χ0) is 13.3. The normalized spacial score (nSPS) is 14.7. The van der Waals surface area contributed by atoms with Gasteiger partial charge in [0, 0.05) is 0 Å². The van der Waals surface area contributed by atoms with Crippen LogP contribution in [0.2, 0.25) is 0 Å². The number of nitrogens with one attached hydrogen (secondary N) is 2. The van der Waals surface area contributed by atoms with E-state index < -0.39 is 22.9 Å². The fourth-order valence-corrected chi connectivity index (χ4v) is 1.09. The van der Waals surface area contributed by atoms with Crippen molar-refractivity contribution in [2.75, 3.05) is 0 Å². The zero-order valence-corrected chi connectivity index (χ0v) is 9.29. The molecule has 0 fully saturated rings.